The molecule has 0 saturated heterocycles. The van der Waals surface area contributed by atoms with Gasteiger partial charge in [0, 0.05) is 37.1 Å². The van der Waals surface area contributed by atoms with Crippen LogP contribution in [0.2, 0.25) is 0 Å². The summed E-state index contributed by atoms with van der Waals surface area (Å²) in [6.45, 7) is 4.57. The molecule has 0 aromatic carbocycles. The summed E-state index contributed by atoms with van der Waals surface area (Å²) >= 11 is 0. The predicted octanol–water partition coefficient (Wildman–Crippen LogP) is 5.17. The van der Waals surface area contributed by atoms with Crippen LogP contribution >= 0.6 is 0 Å². The minimum atomic E-state index is 0.658. The van der Waals surface area contributed by atoms with E-state index in [1.807, 2.05) is 0 Å². The topological polar surface area (TPSA) is 7.76 Å². The van der Waals surface area contributed by atoms with E-state index in [0.717, 1.165) is 0 Å². The van der Waals surface area contributed by atoms with Gasteiger partial charge in [0.05, 0.1) is 0 Å². The highest BCUT2D eigenvalue weighted by Crippen LogP contribution is 2.20. The average Bonchev–Trinajstić information content (AvgIpc) is 2.62. The van der Waals surface area contributed by atoms with Gasteiger partial charge in [-0.1, -0.05) is 39.5 Å². The molecule has 0 fully saturated rings. The van der Waals surface area contributed by atoms with E-state index in [9.17, 15) is 0 Å². The van der Waals surface area contributed by atoms with Crippen molar-refractivity contribution in [1.82, 2.24) is 0 Å². The first kappa shape index (κ1) is 18.6. The number of hydrogen-bond acceptors (Lipinski definition) is 0. The Labute approximate surface area is 148 Å². The third-order valence-corrected chi connectivity index (χ3v) is 4.87. The molecule has 2 aromatic heterocycles. The van der Waals surface area contributed by atoms with Gasteiger partial charge in [0.1, 0.15) is 7.05 Å². The first-order valence-electron chi connectivity index (χ1n) is 9.71. The number of nitrogens with zero attached hydrogens (tertiary/aromatic N) is 2. The Hall–Kier alpha value is -1.70. The van der Waals surface area contributed by atoms with E-state index in [2.05, 4.69) is 79.1 Å². The fourth-order valence-corrected chi connectivity index (χ4v) is 3.27. The second-order valence-corrected chi connectivity index (χ2v) is 6.93. The highest BCUT2D eigenvalue weighted by atomic mass is 15.0. The van der Waals surface area contributed by atoms with Gasteiger partial charge in [-0.3, -0.25) is 0 Å². The fraction of sp³-hybridized carbons (Fsp3) is 0.545. The molecule has 0 saturated carbocycles. The van der Waals surface area contributed by atoms with Crippen molar-refractivity contribution in [2.75, 3.05) is 0 Å². The molecule has 0 aliphatic heterocycles. The van der Waals surface area contributed by atoms with Crippen LogP contribution in [-0.2, 0) is 7.05 Å². The van der Waals surface area contributed by atoms with Crippen molar-refractivity contribution in [1.29, 1.82) is 0 Å². The Balaban J connectivity index is 2.06. The number of aryl methyl sites for hydroxylation is 1. The van der Waals surface area contributed by atoms with Gasteiger partial charge in [-0.2, -0.15) is 0 Å². The zero-order valence-corrected chi connectivity index (χ0v) is 15.7. The lowest BCUT2D eigenvalue weighted by atomic mass is 10.0. The summed E-state index contributed by atoms with van der Waals surface area (Å²) in [6, 6.07) is 9.55. The Morgan fingerprint density at radius 1 is 0.708 bits per heavy atom. The summed E-state index contributed by atoms with van der Waals surface area (Å²) in [4.78, 5) is 0. The SMILES string of the molecule is CCCCCC(CCCCC)[n+]1ccc(-c2cc[n+](C)cc2)cc1. The van der Waals surface area contributed by atoms with E-state index in [0.29, 0.717) is 6.04 Å². The van der Waals surface area contributed by atoms with Crippen LogP contribution in [0.5, 0.6) is 0 Å². The maximum Gasteiger partial charge on any atom is 0.169 e. The first-order chi connectivity index (χ1) is 11.7. The summed E-state index contributed by atoms with van der Waals surface area (Å²) in [5.74, 6) is 0. The number of pyridine rings is 2. The number of aromatic nitrogens is 2. The molecule has 2 rings (SSSR count). The number of rotatable bonds is 10. The summed E-state index contributed by atoms with van der Waals surface area (Å²) in [5.41, 5.74) is 2.58. The summed E-state index contributed by atoms with van der Waals surface area (Å²) in [5, 5.41) is 0. The van der Waals surface area contributed by atoms with Crippen molar-refractivity contribution in [3.8, 4) is 11.1 Å². The van der Waals surface area contributed by atoms with Crippen molar-refractivity contribution in [2.45, 2.75) is 71.3 Å². The van der Waals surface area contributed by atoms with Crippen LogP contribution in [0, 0.1) is 0 Å². The Bertz CT molecular complexity index is 562. The minimum Gasteiger partial charge on any atom is -0.208 e. The molecule has 2 heterocycles. The van der Waals surface area contributed by atoms with Gasteiger partial charge in [0.15, 0.2) is 30.8 Å². The van der Waals surface area contributed by atoms with Crippen LogP contribution in [0.3, 0.4) is 0 Å². The van der Waals surface area contributed by atoms with Gasteiger partial charge >= 0.3 is 0 Å². The molecule has 24 heavy (non-hydrogen) atoms. The Kier molecular flexibility index (Phi) is 7.94. The summed E-state index contributed by atoms with van der Waals surface area (Å²) in [6.07, 6.45) is 19.4. The van der Waals surface area contributed by atoms with E-state index in [1.165, 1.54) is 62.5 Å². The van der Waals surface area contributed by atoms with E-state index in [4.69, 9.17) is 0 Å². The van der Waals surface area contributed by atoms with E-state index >= 15 is 0 Å². The van der Waals surface area contributed by atoms with Crippen molar-refractivity contribution >= 4 is 0 Å². The molecular formula is C22H34N2+2. The van der Waals surface area contributed by atoms with Crippen LogP contribution in [0.25, 0.3) is 11.1 Å². The molecule has 2 aromatic rings. The maximum absolute atomic E-state index is 2.44. The summed E-state index contributed by atoms with van der Waals surface area (Å²) < 4.78 is 4.52. The highest BCUT2D eigenvalue weighted by molar-refractivity contribution is 5.60. The molecule has 2 nitrogen and oxygen atoms in total. The number of unbranched alkanes of at least 4 members (excludes halogenated alkanes) is 4. The van der Waals surface area contributed by atoms with Gasteiger partial charge in [-0.05, 0) is 24.0 Å². The normalized spacial score (nSPS) is 11.2. The van der Waals surface area contributed by atoms with Gasteiger partial charge in [-0.15, -0.1) is 0 Å². The Morgan fingerprint density at radius 3 is 1.62 bits per heavy atom. The predicted molar refractivity (Wildman–Crippen MR) is 101 cm³/mol. The molecule has 130 valence electrons. The maximum atomic E-state index is 2.44. The van der Waals surface area contributed by atoms with Gasteiger partial charge < -0.3 is 0 Å². The molecule has 2 heteroatoms. The van der Waals surface area contributed by atoms with E-state index in [1.54, 1.807) is 0 Å². The first-order valence-corrected chi connectivity index (χ1v) is 9.71. The second kappa shape index (κ2) is 10.2. The smallest absolute Gasteiger partial charge is 0.169 e. The lowest BCUT2D eigenvalue weighted by molar-refractivity contribution is -0.724. The van der Waals surface area contributed by atoms with Gasteiger partial charge in [-0.25, -0.2) is 9.13 Å². The summed E-state index contributed by atoms with van der Waals surface area (Å²) in [7, 11) is 2.06. The van der Waals surface area contributed by atoms with Crippen LogP contribution < -0.4 is 9.13 Å². The highest BCUT2D eigenvalue weighted by Gasteiger charge is 2.17. The molecular weight excluding hydrogens is 292 g/mol. The monoisotopic (exact) mass is 326 g/mol. The number of hydrogen-bond donors (Lipinski definition) is 0. The standard InChI is InChI=1S/C22H34N2/c1-4-6-8-10-22(11-9-7-5-2)24-18-14-21(15-19-24)20-12-16-23(3)17-13-20/h12-19,22H,4-11H2,1-3H3/q+2. The molecule has 0 spiro atoms. The molecule has 0 unspecified atom stereocenters. The van der Waals surface area contributed by atoms with Crippen molar-refractivity contribution < 1.29 is 9.13 Å². The van der Waals surface area contributed by atoms with Crippen molar-refractivity contribution in [3.63, 3.8) is 0 Å². The quantitative estimate of drug-likeness (QED) is 0.420. The zero-order chi connectivity index (χ0) is 17.2. The third-order valence-electron chi connectivity index (χ3n) is 4.87. The Morgan fingerprint density at radius 2 is 1.17 bits per heavy atom. The van der Waals surface area contributed by atoms with Crippen LogP contribution in [0.15, 0.2) is 49.1 Å². The van der Waals surface area contributed by atoms with Gasteiger partial charge in [0.2, 0.25) is 0 Å². The lowest BCUT2D eigenvalue weighted by Gasteiger charge is -2.13. The second-order valence-electron chi connectivity index (χ2n) is 6.93. The molecule has 0 bridgehead atoms. The third kappa shape index (κ3) is 5.74. The van der Waals surface area contributed by atoms with Crippen molar-refractivity contribution in [3.05, 3.63) is 49.1 Å². The van der Waals surface area contributed by atoms with E-state index in [-0.39, 0.29) is 0 Å². The fourth-order valence-electron chi connectivity index (χ4n) is 3.27. The zero-order valence-electron chi connectivity index (χ0n) is 15.7. The molecule has 0 aliphatic carbocycles. The molecule has 0 aliphatic rings. The lowest BCUT2D eigenvalue weighted by Crippen LogP contribution is -2.38. The molecule has 0 atom stereocenters. The van der Waals surface area contributed by atoms with Crippen molar-refractivity contribution in [2.24, 2.45) is 7.05 Å². The van der Waals surface area contributed by atoms with Crippen LogP contribution in [-0.4, -0.2) is 0 Å². The minimum absolute atomic E-state index is 0.658. The van der Waals surface area contributed by atoms with E-state index < -0.39 is 0 Å². The van der Waals surface area contributed by atoms with Crippen LogP contribution in [0.4, 0.5) is 0 Å². The molecule has 0 N–H and O–H groups in total. The molecule has 0 amide bonds. The van der Waals surface area contributed by atoms with Gasteiger partial charge in [0.25, 0.3) is 0 Å². The largest absolute Gasteiger partial charge is 0.208 e. The molecule has 0 radical (unpaired) electrons. The average molecular weight is 327 g/mol. The van der Waals surface area contributed by atoms with Crippen LogP contribution in [0.1, 0.15) is 71.3 Å².